The molecule has 2 aromatic rings. The molecule has 0 unspecified atom stereocenters. The number of aromatic nitrogens is 1. The molecule has 1 fully saturated rings. The Hall–Kier alpha value is -2.25. The molecule has 20 heavy (non-hydrogen) atoms. The smallest absolute Gasteiger partial charge is 0.270 e. The molecule has 7 nitrogen and oxygen atoms in total. The minimum absolute atomic E-state index is 0.0770. The Morgan fingerprint density at radius 2 is 2.05 bits per heavy atom. The van der Waals surface area contributed by atoms with Gasteiger partial charge in [0.05, 0.1) is 23.7 Å². The van der Waals surface area contributed by atoms with Crippen molar-refractivity contribution in [1.29, 1.82) is 0 Å². The van der Waals surface area contributed by atoms with Gasteiger partial charge in [-0.2, -0.15) is 0 Å². The van der Waals surface area contributed by atoms with Crippen LogP contribution >= 0.6 is 0 Å². The number of pyridine rings is 1. The standard InChI is InChI=1S/C13H14N4O3/c18-17(19)11-2-3-12-10(9-11)1-4-13(14-12)15-16-5-7-20-8-6-16/h1-4,9H,5-8H2,(H,14,15). The lowest BCUT2D eigenvalue weighted by molar-refractivity contribution is -0.384. The molecule has 7 heteroatoms. The second kappa shape index (κ2) is 5.40. The van der Waals surface area contributed by atoms with Gasteiger partial charge < -0.3 is 10.2 Å². The zero-order chi connectivity index (χ0) is 13.9. The van der Waals surface area contributed by atoms with Crippen LogP contribution in [0.2, 0.25) is 0 Å². The zero-order valence-corrected chi connectivity index (χ0v) is 10.8. The molecule has 1 N–H and O–H groups in total. The Morgan fingerprint density at radius 1 is 1.25 bits per heavy atom. The van der Waals surface area contributed by atoms with E-state index in [0.29, 0.717) is 13.2 Å². The first-order chi connectivity index (χ1) is 9.72. The number of nitrogens with zero attached hydrogens (tertiary/aromatic N) is 3. The molecule has 0 bridgehead atoms. The molecule has 0 radical (unpaired) electrons. The predicted molar refractivity (Wildman–Crippen MR) is 74.4 cm³/mol. The molecule has 0 spiro atoms. The molecular formula is C13H14N4O3. The Labute approximate surface area is 115 Å². The molecule has 1 aromatic carbocycles. The van der Waals surface area contributed by atoms with Crippen LogP contribution in [0.1, 0.15) is 0 Å². The van der Waals surface area contributed by atoms with Gasteiger partial charge in [-0.15, -0.1) is 0 Å². The molecule has 1 saturated heterocycles. The van der Waals surface area contributed by atoms with E-state index in [0.717, 1.165) is 29.8 Å². The fraction of sp³-hybridized carbons (Fsp3) is 0.308. The summed E-state index contributed by atoms with van der Waals surface area (Å²) in [6.07, 6.45) is 0. The van der Waals surface area contributed by atoms with Crippen molar-refractivity contribution < 1.29 is 9.66 Å². The Balaban J connectivity index is 1.83. The van der Waals surface area contributed by atoms with Crippen molar-refractivity contribution in [2.45, 2.75) is 0 Å². The monoisotopic (exact) mass is 274 g/mol. The van der Waals surface area contributed by atoms with Gasteiger partial charge in [-0.1, -0.05) is 0 Å². The van der Waals surface area contributed by atoms with E-state index >= 15 is 0 Å². The van der Waals surface area contributed by atoms with Gasteiger partial charge in [0.25, 0.3) is 5.69 Å². The quantitative estimate of drug-likeness (QED) is 0.679. The first-order valence-electron chi connectivity index (χ1n) is 6.37. The van der Waals surface area contributed by atoms with E-state index in [9.17, 15) is 10.1 Å². The van der Waals surface area contributed by atoms with Crippen LogP contribution in [-0.4, -0.2) is 41.2 Å². The normalized spacial score (nSPS) is 16.2. The lowest BCUT2D eigenvalue weighted by Gasteiger charge is -2.27. The van der Waals surface area contributed by atoms with Crippen molar-refractivity contribution in [1.82, 2.24) is 9.99 Å². The van der Waals surface area contributed by atoms with Gasteiger partial charge in [0.15, 0.2) is 0 Å². The number of ether oxygens (including phenoxy) is 1. The van der Waals surface area contributed by atoms with Crippen LogP contribution in [0.15, 0.2) is 30.3 Å². The summed E-state index contributed by atoms with van der Waals surface area (Å²) in [5, 5.41) is 13.5. The summed E-state index contributed by atoms with van der Waals surface area (Å²) in [6.45, 7) is 3.01. The van der Waals surface area contributed by atoms with Crippen LogP contribution < -0.4 is 5.43 Å². The van der Waals surface area contributed by atoms with E-state index in [1.807, 2.05) is 17.1 Å². The summed E-state index contributed by atoms with van der Waals surface area (Å²) in [6, 6.07) is 8.31. The third-order valence-corrected chi connectivity index (χ3v) is 3.17. The molecule has 104 valence electrons. The number of nitro groups is 1. The van der Waals surface area contributed by atoms with E-state index < -0.39 is 4.92 Å². The number of non-ortho nitro benzene ring substituents is 1. The molecule has 1 aromatic heterocycles. The molecule has 1 aliphatic heterocycles. The topological polar surface area (TPSA) is 80.5 Å². The van der Waals surface area contributed by atoms with E-state index in [-0.39, 0.29) is 5.69 Å². The second-order valence-electron chi connectivity index (χ2n) is 4.54. The van der Waals surface area contributed by atoms with Crippen molar-refractivity contribution in [3.63, 3.8) is 0 Å². The number of hydrogen-bond donors (Lipinski definition) is 1. The summed E-state index contributed by atoms with van der Waals surface area (Å²) in [7, 11) is 0. The first kappa shape index (κ1) is 12.8. The lowest BCUT2D eigenvalue weighted by atomic mass is 10.2. The van der Waals surface area contributed by atoms with Gasteiger partial charge in [0.2, 0.25) is 0 Å². The molecule has 0 amide bonds. The van der Waals surface area contributed by atoms with Crippen LogP contribution in [-0.2, 0) is 4.74 Å². The second-order valence-corrected chi connectivity index (χ2v) is 4.54. The van der Waals surface area contributed by atoms with Gasteiger partial charge in [-0.05, 0) is 18.2 Å². The van der Waals surface area contributed by atoms with Gasteiger partial charge in [-0.3, -0.25) is 10.1 Å². The van der Waals surface area contributed by atoms with Crippen molar-refractivity contribution in [2.75, 3.05) is 31.7 Å². The SMILES string of the molecule is O=[N+]([O-])c1ccc2nc(NN3CCOCC3)ccc2c1. The van der Waals surface area contributed by atoms with Gasteiger partial charge in [-0.25, -0.2) is 9.99 Å². The summed E-state index contributed by atoms with van der Waals surface area (Å²) >= 11 is 0. The van der Waals surface area contributed by atoms with Crippen LogP contribution in [0.5, 0.6) is 0 Å². The maximum Gasteiger partial charge on any atom is 0.270 e. The van der Waals surface area contributed by atoms with Gasteiger partial charge in [0.1, 0.15) is 5.82 Å². The average Bonchev–Trinajstić information content (AvgIpc) is 2.47. The molecule has 3 rings (SSSR count). The number of morpholine rings is 1. The molecule has 0 atom stereocenters. The largest absolute Gasteiger partial charge is 0.379 e. The molecule has 1 aliphatic rings. The van der Waals surface area contributed by atoms with Crippen molar-refractivity contribution in [3.8, 4) is 0 Å². The van der Waals surface area contributed by atoms with E-state index in [1.165, 1.54) is 12.1 Å². The van der Waals surface area contributed by atoms with Gasteiger partial charge in [0, 0.05) is 30.6 Å². The minimum atomic E-state index is -0.403. The highest BCUT2D eigenvalue weighted by atomic mass is 16.6. The van der Waals surface area contributed by atoms with Crippen molar-refractivity contribution in [3.05, 3.63) is 40.4 Å². The highest BCUT2D eigenvalue weighted by Crippen LogP contribution is 2.21. The van der Waals surface area contributed by atoms with E-state index in [4.69, 9.17) is 4.74 Å². The lowest BCUT2D eigenvalue weighted by Crippen LogP contribution is -2.40. The summed E-state index contributed by atoms with van der Waals surface area (Å²) < 4.78 is 5.28. The van der Waals surface area contributed by atoms with Crippen LogP contribution in [0.4, 0.5) is 11.5 Å². The molecule has 2 heterocycles. The zero-order valence-electron chi connectivity index (χ0n) is 10.8. The Kier molecular flexibility index (Phi) is 3.44. The van der Waals surface area contributed by atoms with Gasteiger partial charge >= 0.3 is 0 Å². The number of benzene rings is 1. The summed E-state index contributed by atoms with van der Waals surface area (Å²) in [5.41, 5.74) is 4.03. The predicted octanol–water partition coefficient (Wildman–Crippen LogP) is 1.80. The third-order valence-electron chi connectivity index (χ3n) is 3.17. The highest BCUT2D eigenvalue weighted by molar-refractivity contribution is 5.82. The number of hydrogen-bond acceptors (Lipinski definition) is 6. The maximum atomic E-state index is 10.7. The van der Waals surface area contributed by atoms with Crippen LogP contribution in [0.3, 0.4) is 0 Å². The fourth-order valence-corrected chi connectivity index (χ4v) is 2.13. The summed E-state index contributed by atoms with van der Waals surface area (Å²) in [4.78, 5) is 14.8. The Bertz CT molecular complexity index is 641. The number of rotatable bonds is 3. The maximum absolute atomic E-state index is 10.7. The molecule has 0 aliphatic carbocycles. The molecular weight excluding hydrogens is 260 g/mol. The Morgan fingerprint density at radius 3 is 2.80 bits per heavy atom. The van der Waals surface area contributed by atoms with E-state index in [1.54, 1.807) is 6.07 Å². The number of nitro benzene ring substituents is 1. The third kappa shape index (κ3) is 2.68. The van der Waals surface area contributed by atoms with E-state index in [2.05, 4.69) is 10.4 Å². The molecule has 0 saturated carbocycles. The fourth-order valence-electron chi connectivity index (χ4n) is 2.13. The van der Waals surface area contributed by atoms with Crippen molar-refractivity contribution >= 4 is 22.4 Å². The average molecular weight is 274 g/mol. The van der Waals surface area contributed by atoms with Crippen LogP contribution in [0.25, 0.3) is 10.9 Å². The number of anilines is 1. The highest BCUT2D eigenvalue weighted by Gasteiger charge is 2.11. The number of nitrogens with one attached hydrogen (secondary N) is 1. The first-order valence-corrected chi connectivity index (χ1v) is 6.37. The number of fused-ring (bicyclic) bond motifs is 1. The minimum Gasteiger partial charge on any atom is -0.379 e. The van der Waals surface area contributed by atoms with Crippen LogP contribution in [0, 0.1) is 10.1 Å². The van der Waals surface area contributed by atoms with Crippen molar-refractivity contribution in [2.24, 2.45) is 0 Å². The summed E-state index contributed by atoms with van der Waals surface area (Å²) in [5.74, 6) is 0.730. The number of hydrazine groups is 1.